The zero-order valence-corrected chi connectivity index (χ0v) is 12.4. The molecule has 0 saturated heterocycles. The molecule has 0 radical (unpaired) electrons. The minimum Gasteiger partial charge on any atom is -0.508 e. The van der Waals surface area contributed by atoms with Crippen molar-refractivity contribution >= 4 is 11.8 Å². The van der Waals surface area contributed by atoms with Crippen molar-refractivity contribution in [3.8, 4) is 5.75 Å². The second kappa shape index (κ2) is 6.30. The molecule has 1 heterocycles. The molecule has 22 heavy (non-hydrogen) atoms. The monoisotopic (exact) mass is 302 g/mol. The van der Waals surface area contributed by atoms with Gasteiger partial charge in [0.25, 0.3) is 5.91 Å². The number of aromatic nitrogens is 2. The highest BCUT2D eigenvalue weighted by Crippen LogP contribution is 2.11. The maximum Gasteiger partial charge on any atom is 0.272 e. The predicted molar refractivity (Wildman–Crippen MR) is 80.2 cm³/mol. The topological polar surface area (TPSA) is 110 Å². The summed E-state index contributed by atoms with van der Waals surface area (Å²) in [7, 11) is 1.73. The zero-order chi connectivity index (χ0) is 16.3. The van der Waals surface area contributed by atoms with Crippen LogP contribution in [0.2, 0.25) is 0 Å². The van der Waals surface area contributed by atoms with E-state index in [-0.39, 0.29) is 17.9 Å². The summed E-state index contributed by atoms with van der Waals surface area (Å²) < 4.78 is 1.58. The first-order chi connectivity index (χ1) is 10.4. The molecule has 116 valence electrons. The number of nitrogens with zero attached hydrogens (tertiary/aromatic N) is 2. The quantitative estimate of drug-likeness (QED) is 0.735. The SMILES string of the molecule is Cc1cc(C(=O)NC(Cc2ccc(O)cc2)C(N)=O)nn1C. The summed E-state index contributed by atoms with van der Waals surface area (Å²) in [6.45, 7) is 1.83. The van der Waals surface area contributed by atoms with E-state index in [0.717, 1.165) is 11.3 Å². The largest absolute Gasteiger partial charge is 0.508 e. The minimum atomic E-state index is -0.848. The van der Waals surface area contributed by atoms with E-state index in [9.17, 15) is 14.7 Å². The third kappa shape index (κ3) is 3.63. The number of carbonyl (C=O) groups excluding carboxylic acids is 2. The Bertz CT molecular complexity index is 672. The number of nitrogens with one attached hydrogen (secondary N) is 1. The summed E-state index contributed by atoms with van der Waals surface area (Å²) in [6.07, 6.45) is 0.243. The lowest BCUT2D eigenvalue weighted by atomic mass is 10.1. The number of benzene rings is 1. The molecule has 0 bridgehead atoms. The predicted octanol–water partition coefficient (Wildman–Crippen LogP) is 0.261. The number of carbonyl (C=O) groups is 2. The molecule has 2 rings (SSSR count). The molecule has 4 N–H and O–H groups in total. The van der Waals surface area contributed by atoms with Crippen LogP contribution in [-0.4, -0.2) is 32.7 Å². The van der Waals surface area contributed by atoms with E-state index < -0.39 is 17.9 Å². The molecule has 0 fully saturated rings. The van der Waals surface area contributed by atoms with Gasteiger partial charge < -0.3 is 16.2 Å². The van der Waals surface area contributed by atoms with Crippen LogP contribution in [0.5, 0.6) is 5.75 Å². The van der Waals surface area contributed by atoms with E-state index in [1.165, 1.54) is 12.1 Å². The Balaban J connectivity index is 2.10. The van der Waals surface area contributed by atoms with E-state index in [2.05, 4.69) is 10.4 Å². The van der Waals surface area contributed by atoms with Crippen molar-refractivity contribution in [1.29, 1.82) is 0 Å². The number of aromatic hydroxyl groups is 1. The second-order valence-corrected chi connectivity index (χ2v) is 5.09. The molecule has 0 spiro atoms. The highest BCUT2D eigenvalue weighted by Gasteiger charge is 2.21. The van der Waals surface area contributed by atoms with Crippen molar-refractivity contribution in [2.45, 2.75) is 19.4 Å². The van der Waals surface area contributed by atoms with Crippen LogP contribution >= 0.6 is 0 Å². The van der Waals surface area contributed by atoms with Crippen molar-refractivity contribution in [3.05, 3.63) is 47.3 Å². The van der Waals surface area contributed by atoms with Crippen LogP contribution in [0.25, 0.3) is 0 Å². The number of hydrogen-bond donors (Lipinski definition) is 3. The first-order valence-corrected chi connectivity index (χ1v) is 6.75. The standard InChI is InChI=1S/C15H18N4O3/c1-9-7-13(18-19(9)2)15(22)17-12(14(16)21)8-10-3-5-11(20)6-4-10/h3-7,12,20H,8H2,1-2H3,(H2,16,21)(H,17,22). The average Bonchev–Trinajstić information content (AvgIpc) is 2.80. The van der Waals surface area contributed by atoms with E-state index in [1.54, 1.807) is 29.9 Å². The first kappa shape index (κ1) is 15.6. The van der Waals surface area contributed by atoms with Gasteiger partial charge in [-0.1, -0.05) is 12.1 Å². The van der Waals surface area contributed by atoms with Crippen LogP contribution in [0.1, 0.15) is 21.7 Å². The summed E-state index contributed by atoms with van der Waals surface area (Å²) in [5.41, 5.74) is 7.19. The Morgan fingerprint density at radius 2 is 2.00 bits per heavy atom. The third-order valence-electron chi connectivity index (χ3n) is 3.37. The number of phenolic OH excluding ortho intramolecular Hbond substituents is 1. The van der Waals surface area contributed by atoms with Crippen LogP contribution in [0, 0.1) is 6.92 Å². The van der Waals surface area contributed by atoms with Gasteiger partial charge in [-0.25, -0.2) is 0 Å². The fourth-order valence-electron chi connectivity index (χ4n) is 1.99. The van der Waals surface area contributed by atoms with Gasteiger partial charge in [0, 0.05) is 19.2 Å². The number of amides is 2. The normalized spacial score (nSPS) is 11.9. The number of nitrogens with two attached hydrogens (primary N) is 1. The Morgan fingerprint density at radius 3 is 2.50 bits per heavy atom. The summed E-state index contributed by atoms with van der Waals surface area (Å²) >= 11 is 0. The van der Waals surface area contributed by atoms with Crippen molar-refractivity contribution in [2.75, 3.05) is 0 Å². The smallest absolute Gasteiger partial charge is 0.272 e. The summed E-state index contributed by atoms with van der Waals surface area (Å²) in [5.74, 6) is -0.951. The number of hydrogen-bond acceptors (Lipinski definition) is 4. The van der Waals surface area contributed by atoms with Crippen molar-refractivity contribution < 1.29 is 14.7 Å². The minimum absolute atomic E-state index is 0.132. The van der Waals surface area contributed by atoms with Crippen molar-refractivity contribution in [2.24, 2.45) is 12.8 Å². The number of rotatable bonds is 5. The molecule has 0 aliphatic rings. The maximum absolute atomic E-state index is 12.1. The highest BCUT2D eigenvalue weighted by atomic mass is 16.3. The van der Waals surface area contributed by atoms with Crippen molar-refractivity contribution in [1.82, 2.24) is 15.1 Å². The first-order valence-electron chi connectivity index (χ1n) is 6.75. The van der Waals surface area contributed by atoms with Gasteiger partial charge in [0.15, 0.2) is 0 Å². The fourth-order valence-corrected chi connectivity index (χ4v) is 1.99. The van der Waals surface area contributed by atoms with Crippen LogP contribution in [0.3, 0.4) is 0 Å². The number of phenols is 1. The summed E-state index contributed by atoms with van der Waals surface area (Å²) in [5, 5.41) is 15.9. The number of aryl methyl sites for hydroxylation is 2. The molecule has 1 aromatic heterocycles. The van der Waals surface area contributed by atoms with Gasteiger partial charge >= 0.3 is 0 Å². The third-order valence-corrected chi connectivity index (χ3v) is 3.37. The number of primary amides is 1. The molecule has 2 amide bonds. The Morgan fingerprint density at radius 1 is 1.36 bits per heavy atom. The van der Waals surface area contributed by atoms with Gasteiger partial charge in [0.1, 0.15) is 17.5 Å². The maximum atomic E-state index is 12.1. The molecule has 1 unspecified atom stereocenters. The van der Waals surface area contributed by atoms with Crippen LogP contribution in [-0.2, 0) is 18.3 Å². The van der Waals surface area contributed by atoms with Gasteiger partial charge in [-0.2, -0.15) is 5.10 Å². The molecular weight excluding hydrogens is 284 g/mol. The van der Waals surface area contributed by atoms with Gasteiger partial charge in [-0.15, -0.1) is 0 Å². The average molecular weight is 302 g/mol. The molecule has 1 aromatic carbocycles. The lowest BCUT2D eigenvalue weighted by Crippen LogP contribution is -2.46. The van der Waals surface area contributed by atoms with Crippen LogP contribution in [0.15, 0.2) is 30.3 Å². The van der Waals surface area contributed by atoms with E-state index in [4.69, 9.17) is 5.73 Å². The molecule has 7 heteroatoms. The highest BCUT2D eigenvalue weighted by molar-refractivity contribution is 5.96. The van der Waals surface area contributed by atoms with Gasteiger partial charge in [-0.3, -0.25) is 14.3 Å². The molecule has 0 saturated carbocycles. The molecule has 0 aliphatic heterocycles. The van der Waals surface area contributed by atoms with Gasteiger partial charge in [0.05, 0.1) is 0 Å². The van der Waals surface area contributed by atoms with Crippen LogP contribution < -0.4 is 11.1 Å². The second-order valence-electron chi connectivity index (χ2n) is 5.09. The molecule has 7 nitrogen and oxygen atoms in total. The van der Waals surface area contributed by atoms with Gasteiger partial charge in [-0.05, 0) is 30.7 Å². The molecule has 1 atom stereocenters. The summed E-state index contributed by atoms with van der Waals surface area (Å²) in [4.78, 5) is 23.7. The van der Waals surface area contributed by atoms with E-state index in [0.29, 0.717) is 0 Å². The zero-order valence-electron chi connectivity index (χ0n) is 12.4. The molecule has 2 aromatic rings. The Hall–Kier alpha value is -2.83. The van der Waals surface area contributed by atoms with Crippen LogP contribution in [0.4, 0.5) is 0 Å². The van der Waals surface area contributed by atoms with Crippen molar-refractivity contribution in [3.63, 3.8) is 0 Å². The van der Waals surface area contributed by atoms with Gasteiger partial charge in [0.2, 0.25) is 5.91 Å². The lowest BCUT2D eigenvalue weighted by Gasteiger charge is -2.14. The van der Waals surface area contributed by atoms with E-state index in [1.807, 2.05) is 6.92 Å². The molecule has 0 aliphatic carbocycles. The Labute approximate surface area is 127 Å². The Kier molecular flexibility index (Phi) is 4.45. The lowest BCUT2D eigenvalue weighted by molar-refractivity contribution is -0.119. The summed E-state index contributed by atoms with van der Waals surface area (Å²) in [6, 6.07) is 7.15. The van der Waals surface area contributed by atoms with E-state index >= 15 is 0 Å². The fraction of sp³-hybridized carbons (Fsp3) is 0.267. The molecular formula is C15H18N4O3.